The summed E-state index contributed by atoms with van der Waals surface area (Å²) < 4.78 is 39.3. The molecule has 0 radical (unpaired) electrons. The lowest BCUT2D eigenvalue weighted by molar-refractivity contribution is -0.136. The van der Waals surface area contributed by atoms with Crippen molar-refractivity contribution in [2.45, 2.75) is 20.0 Å². The molecule has 0 aliphatic heterocycles. The summed E-state index contributed by atoms with van der Waals surface area (Å²) in [6.07, 6.45) is -2.77. The van der Waals surface area contributed by atoms with Crippen molar-refractivity contribution < 1.29 is 13.2 Å². The van der Waals surface area contributed by atoms with Crippen molar-refractivity contribution in [3.05, 3.63) is 52.5 Å². The van der Waals surface area contributed by atoms with Crippen molar-refractivity contribution in [1.29, 1.82) is 0 Å². The molecule has 0 amide bonds. The number of halogens is 4. The van der Waals surface area contributed by atoms with Gasteiger partial charge in [-0.2, -0.15) is 13.2 Å². The molecule has 0 spiro atoms. The van der Waals surface area contributed by atoms with Gasteiger partial charge in [-0.1, -0.05) is 23.7 Å². The minimum atomic E-state index is -4.43. The van der Waals surface area contributed by atoms with Gasteiger partial charge in [0.05, 0.1) is 28.3 Å². The predicted octanol–water partition coefficient (Wildman–Crippen LogP) is 6.02. The zero-order chi connectivity index (χ0) is 18.6. The molecule has 2 aromatic rings. The highest BCUT2D eigenvalue weighted by Crippen LogP contribution is 2.38. The fourth-order valence-electron chi connectivity index (χ4n) is 2.13. The van der Waals surface area contributed by atoms with Crippen molar-refractivity contribution >= 4 is 35.0 Å². The fraction of sp³-hybridized carbons (Fsp3) is 0.278. The molecule has 1 N–H and O–H groups in total. The van der Waals surface area contributed by atoms with E-state index in [1.807, 2.05) is 18.9 Å². The average molecular weight is 370 g/mol. The fourth-order valence-corrected chi connectivity index (χ4v) is 2.34. The van der Waals surface area contributed by atoms with Crippen molar-refractivity contribution in [3.63, 3.8) is 0 Å². The van der Waals surface area contributed by atoms with E-state index in [4.69, 9.17) is 11.6 Å². The highest BCUT2D eigenvalue weighted by atomic mass is 35.5. The van der Waals surface area contributed by atoms with Crippen LogP contribution < -0.4 is 5.32 Å². The number of para-hydroxylation sites is 1. The molecule has 0 fully saturated rings. The van der Waals surface area contributed by atoms with Gasteiger partial charge >= 0.3 is 6.18 Å². The monoisotopic (exact) mass is 369 g/mol. The summed E-state index contributed by atoms with van der Waals surface area (Å²) in [4.78, 5) is 6.19. The van der Waals surface area contributed by atoms with Gasteiger partial charge in [-0.3, -0.25) is 0 Å². The van der Waals surface area contributed by atoms with Crippen molar-refractivity contribution in [2.24, 2.45) is 4.99 Å². The third-order valence-electron chi connectivity index (χ3n) is 3.69. The lowest BCUT2D eigenvalue weighted by atomic mass is 10.1. The summed E-state index contributed by atoms with van der Waals surface area (Å²) in [6, 6.07) is 8.66. The molecule has 0 saturated heterocycles. The number of anilines is 2. The van der Waals surface area contributed by atoms with Gasteiger partial charge in [0, 0.05) is 19.3 Å². The van der Waals surface area contributed by atoms with E-state index in [0.717, 1.165) is 18.2 Å². The number of hydrogen-bond donors (Lipinski definition) is 1. The number of aliphatic imine (C=N–C) groups is 1. The van der Waals surface area contributed by atoms with Gasteiger partial charge in [-0.25, -0.2) is 4.99 Å². The summed E-state index contributed by atoms with van der Waals surface area (Å²) in [5.41, 5.74) is 1.07. The normalized spacial score (nSPS) is 11.8. The molecule has 0 aliphatic carbocycles. The maximum absolute atomic E-state index is 13.1. The van der Waals surface area contributed by atoms with Gasteiger partial charge in [0.1, 0.15) is 0 Å². The Balaban J connectivity index is 2.34. The van der Waals surface area contributed by atoms with Crippen LogP contribution >= 0.6 is 11.6 Å². The summed E-state index contributed by atoms with van der Waals surface area (Å²) >= 11 is 6.23. The van der Waals surface area contributed by atoms with Crippen molar-refractivity contribution in [2.75, 3.05) is 18.9 Å². The van der Waals surface area contributed by atoms with E-state index in [-0.39, 0.29) is 5.69 Å². The molecule has 7 heteroatoms. The van der Waals surface area contributed by atoms with E-state index in [1.165, 1.54) is 12.1 Å². The van der Waals surface area contributed by atoms with Crippen LogP contribution in [-0.2, 0) is 6.18 Å². The van der Waals surface area contributed by atoms with Gasteiger partial charge in [0.15, 0.2) is 0 Å². The number of benzene rings is 2. The Labute approximate surface area is 150 Å². The van der Waals surface area contributed by atoms with E-state index >= 15 is 0 Å². The van der Waals surface area contributed by atoms with Crippen LogP contribution in [0.5, 0.6) is 0 Å². The van der Waals surface area contributed by atoms with Crippen LogP contribution in [0.2, 0.25) is 5.02 Å². The van der Waals surface area contributed by atoms with Crippen LogP contribution in [0, 0.1) is 6.92 Å². The number of alkyl halides is 3. The Morgan fingerprint density at radius 2 is 1.88 bits per heavy atom. The second kappa shape index (κ2) is 7.78. The summed E-state index contributed by atoms with van der Waals surface area (Å²) in [7, 11) is 1.88. The van der Waals surface area contributed by atoms with Gasteiger partial charge in [0.25, 0.3) is 0 Å². The van der Waals surface area contributed by atoms with E-state index in [9.17, 15) is 13.2 Å². The number of aryl methyl sites for hydroxylation is 1. The van der Waals surface area contributed by atoms with Crippen LogP contribution in [-0.4, -0.2) is 24.8 Å². The first-order valence-corrected chi connectivity index (χ1v) is 8.08. The maximum atomic E-state index is 13.1. The molecule has 3 nitrogen and oxygen atoms in total. The van der Waals surface area contributed by atoms with Crippen molar-refractivity contribution in [3.8, 4) is 0 Å². The minimum absolute atomic E-state index is 0.0175. The van der Waals surface area contributed by atoms with E-state index < -0.39 is 11.7 Å². The van der Waals surface area contributed by atoms with Crippen LogP contribution in [0.1, 0.15) is 18.1 Å². The quantitative estimate of drug-likeness (QED) is 0.515. The van der Waals surface area contributed by atoms with E-state index in [2.05, 4.69) is 10.3 Å². The molecule has 2 aromatic carbocycles. The molecule has 25 heavy (non-hydrogen) atoms. The van der Waals surface area contributed by atoms with Crippen LogP contribution in [0.4, 0.5) is 30.2 Å². The second-order valence-corrected chi connectivity index (χ2v) is 6.01. The molecule has 0 saturated carbocycles. The first-order valence-electron chi connectivity index (χ1n) is 7.70. The average Bonchev–Trinajstić information content (AvgIpc) is 2.55. The highest BCUT2D eigenvalue weighted by Gasteiger charge is 2.33. The lowest BCUT2D eigenvalue weighted by Gasteiger charge is -2.16. The minimum Gasteiger partial charge on any atom is -0.366 e. The highest BCUT2D eigenvalue weighted by molar-refractivity contribution is 6.33. The van der Waals surface area contributed by atoms with Gasteiger partial charge in [-0.05, 0) is 43.7 Å². The number of rotatable bonds is 5. The lowest BCUT2D eigenvalue weighted by Crippen LogP contribution is -2.14. The Bertz CT molecular complexity index is 773. The first kappa shape index (κ1) is 19.1. The third-order valence-corrected chi connectivity index (χ3v) is 3.99. The maximum Gasteiger partial charge on any atom is 0.418 e. The van der Waals surface area contributed by atoms with Crippen molar-refractivity contribution in [1.82, 2.24) is 4.90 Å². The largest absolute Gasteiger partial charge is 0.418 e. The predicted molar refractivity (Wildman–Crippen MR) is 97.4 cm³/mol. The molecule has 0 heterocycles. The van der Waals surface area contributed by atoms with Gasteiger partial charge < -0.3 is 10.2 Å². The van der Waals surface area contributed by atoms with Gasteiger partial charge in [0.2, 0.25) is 0 Å². The SMILES string of the molecule is CCN(C)/C=N\c1cc(C)c(Nc2ccccc2C(F)(F)F)cc1Cl. The topological polar surface area (TPSA) is 27.6 Å². The molecule has 2 rings (SSSR count). The zero-order valence-corrected chi connectivity index (χ0v) is 14.9. The molecule has 134 valence electrons. The Kier molecular flexibility index (Phi) is 5.95. The molecular weight excluding hydrogens is 351 g/mol. The smallest absolute Gasteiger partial charge is 0.366 e. The molecule has 0 atom stereocenters. The Hall–Kier alpha value is -2.21. The number of hydrogen-bond acceptors (Lipinski definition) is 2. The number of nitrogens with one attached hydrogen (secondary N) is 1. The second-order valence-electron chi connectivity index (χ2n) is 5.60. The van der Waals surface area contributed by atoms with Gasteiger partial charge in [-0.15, -0.1) is 0 Å². The first-order chi connectivity index (χ1) is 11.7. The summed E-state index contributed by atoms with van der Waals surface area (Å²) in [5, 5.41) is 3.18. The molecular formula is C18H19ClF3N3. The Morgan fingerprint density at radius 3 is 2.52 bits per heavy atom. The summed E-state index contributed by atoms with van der Waals surface area (Å²) in [5.74, 6) is 0. The van der Waals surface area contributed by atoms with E-state index in [1.54, 1.807) is 31.5 Å². The van der Waals surface area contributed by atoms with E-state index in [0.29, 0.717) is 16.4 Å². The van der Waals surface area contributed by atoms with Crippen LogP contribution in [0.15, 0.2) is 41.4 Å². The summed E-state index contributed by atoms with van der Waals surface area (Å²) in [6.45, 7) is 4.58. The van der Waals surface area contributed by atoms with Crippen LogP contribution in [0.25, 0.3) is 0 Å². The molecule has 0 aromatic heterocycles. The number of nitrogens with zero attached hydrogens (tertiary/aromatic N) is 2. The zero-order valence-electron chi connectivity index (χ0n) is 14.2. The third kappa shape index (κ3) is 4.89. The molecule has 0 aliphatic rings. The Morgan fingerprint density at radius 1 is 1.20 bits per heavy atom. The standard InChI is InChI=1S/C18H19ClF3N3/c1-4-25(3)11-23-17-9-12(2)16(10-14(17)19)24-15-8-6-5-7-13(15)18(20,21)22/h5-11,24H,4H2,1-3H3/b23-11-. The molecule has 0 bridgehead atoms. The molecule has 0 unspecified atom stereocenters. The van der Waals surface area contributed by atoms with Crippen LogP contribution in [0.3, 0.4) is 0 Å².